The average Bonchev–Trinajstić information content (AvgIpc) is 3.49. The average molecular weight is 741 g/mol. The van der Waals surface area contributed by atoms with Gasteiger partial charge in [-0.25, -0.2) is 0 Å². The molecule has 8 nitrogen and oxygen atoms in total. The van der Waals surface area contributed by atoms with E-state index in [-0.39, 0.29) is 36.3 Å². The van der Waals surface area contributed by atoms with Crippen LogP contribution < -0.4 is 0 Å². The maximum atomic E-state index is 7.16. The molecule has 292 valence electrons. The number of ether oxygens (including phenoxy) is 4. The van der Waals surface area contributed by atoms with E-state index in [1.807, 2.05) is 54.6 Å². The number of hydrogen-bond donors (Lipinski definition) is 0. The van der Waals surface area contributed by atoms with E-state index in [1.165, 1.54) is 0 Å². The molecule has 6 rings (SSSR count). The van der Waals surface area contributed by atoms with Crippen molar-refractivity contribution in [2.45, 2.75) is 160 Å². The van der Waals surface area contributed by atoms with Crippen molar-refractivity contribution in [2.24, 2.45) is 0 Å². The summed E-state index contributed by atoms with van der Waals surface area (Å²) in [6.45, 7) is 18.5. The lowest BCUT2D eigenvalue weighted by Gasteiger charge is -2.47. The van der Waals surface area contributed by atoms with Crippen molar-refractivity contribution >= 4 is 14.2 Å². The summed E-state index contributed by atoms with van der Waals surface area (Å²) in [4.78, 5) is 0. The molecule has 0 unspecified atom stereocenters. The molecule has 0 aromatic heterocycles. The molecule has 3 fully saturated rings. The fourth-order valence-corrected chi connectivity index (χ4v) is 7.53. The summed E-state index contributed by atoms with van der Waals surface area (Å²) in [6, 6.07) is 30.8. The molecule has 3 aromatic carbocycles. The summed E-state index contributed by atoms with van der Waals surface area (Å²) < 4.78 is 53.7. The first-order valence-corrected chi connectivity index (χ1v) is 20.0. The lowest BCUT2D eigenvalue weighted by Crippen LogP contribution is -2.59. The lowest BCUT2D eigenvalue weighted by molar-refractivity contribution is -0.224. The van der Waals surface area contributed by atoms with Crippen LogP contribution in [0.4, 0.5) is 0 Å². The van der Waals surface area contributed by atoms with Crippen LogP contribution >= 0.6 is 0 Å². The fourth-order valence-electron chi connectivity index (χ4n) is 7.53. The van der Waals surface area contributed by atoms with E-state index in [0.717, 1.165) is 48.7 Å². The maximum Gasteiger partial charge on any atom is 0.466 e. The minimum Gasteiger partial charge on any atom is -0.403 e. The molecule has 0 N–H and O–H groups in total. The van der Waals surface area contributed by atoms with Crippen LogP contribution in [0.5, 0.6) is 0 Å². The molecule has 0 radical (unpaired) electrons. The van der Waals surface area contributed by atoms with Crippen LogP contribution in [0.15, 0.2) is 91.0 Å². The molecule has 3 aromatic rings. The van der Waals surface area contributed by atoms with Crippen LogP contribution in [0.1, 0.15) is 97.8 Å². The van der Waals surface area contributed by atoms with Crippen LogP contribution in [0.2, 0.25) is 12.1 Å². The number of hydrogen-bond acceptors (Lipinski definition) is 8. The Hall–Kier alpha value is -2.53. The second kappa shape index (κ2) is 17.7. The number of unbranched alkanes of at least 4 members (excludes halogenated alkanes) is 2. The Kier molecular flexibility index (Phi) is 13.5. The Morgan fingerprint density at radius 3 is 1.50 bits per heavy atom. The standard InChI is InChI=1S/C44H62B2O8/c1-41(2)42(3,4)52-45(51-41)28-20-12-19-27-36-38(46-53-43(5,6)44(7,8)54-46)40(49-31-35-25-17-11-18-26-35)39(48-30-34-23-15-10-16-24-34)37(50-36)32-47-29-33-21-13-9-14-22-33/h9-11,13-18,21-26,36-40H,12,19-20,27-32H2,1-8H3/t36-,37-,38+,39-,40-/m1/s1. The van der Waals surface area contributed by atoms with Gasteiger partial charge in [0, 0.05) is 5.82 Å². The van der Waals surface area contributed by atoms with Gasteiger partial charge in [0.2, 0.25) is 0 Å². The summed E-state index contributed by atoms with van der Waals surface area (Å²) in [5.74, 6) is -0.260. The summed E-state index contributed by atoms with van der Waals surface area (Å²) in [7, 11) is -0.748. The Morgan fingerprint density at radius 2 is 0.981 bits per heavy atom. The van der Waals surface area contributed by atoms with Crippen molar-refractivity contribution < 1.29 is 37.6 Å². The van der Waals surface area contributed by atoms with Crippen LogP contribution in [0.25, 0.3) is 0 Å². The predicted octanol–water partition coefficient (Wildman–Crippen LogP) is 9.26. The summed E-state index contributed by atoms with van der Waals surface area (Å²) in [6.07, 6.45) is 3.16. The van der Waals surface area contributed by atoms with Crippen molar-refractivity contribution in [1.82, 2.24) is 0 Å². The highest BCUT2D eigenvalue weighted by atomic mass is 16.7. The smallest absolute Gasteiger partial charge is 0.403 e. The van der Waals surface area contributed by atoms with Gasteiger partial charge in [0.05, 0.1) is 61.0 Å². The normalized spacial score (nSPS) is 27.0. The minimum absolute atomic E-state index is 0.192. The van der Waals surface area contributed by atoms with Crippen molar-refractivity contribution in [3.63, 3.8) is 0 Å². The zero-order valence-electron chi connectivity index (χ0n) is 33.8. The second-order valence-electron chi connectivity index (χ2n) is 17.3. The molecule has 10 heteroatoms. The van der Waals surface area contributed by atoms with Crippen molar-refractivity contribution in [3.8, 4) is 0 Å². The highest BCUT2D eigenvalue weighted by Gasteiger charge is 2.61. The van der Waals surface area contributed by atoms with Crippen molar-refractivity contribution in [1.29, 1.82) is 0 Å². The molecule has 0 spiro atoms. The van der Waals surface area contributed by atoms with Crippen LogP contribution in [0, 0.1) is 0 Å². The second-order valence-corrected chi connectivity index (χ2v) is 17.3. The molecule has 3 aliphatic heterocycles. The molecular formula is C44H62B2O8. The Morgan fingerprint density at radius 1 is 0.519 bits per heavy atom. The zero-order chi connectivity index (χ0) is 38.4. The van der Waals surface area contributed by atoms with Gasteiger partial charge in [-0.05, 0) is 84.8 Å². The monoisotopic (exact) mass is 740 g/mol. The van der Waals surface area contributed by atoms with Crippen LogP contribution in [0.3, 0.4) is 0 Å². The van der Waals surface area contributed by atoms with Gasteiger partial charge in [0.15, 0.2) is 0 Å². The quantitative estimate of drug-likeness (QED) is 0.100. The third-order valence-corrected chi connectivity index (χ3v) is 12.1. The maximum absolute atomic E-state index is 7.16. The first-order valence-electron chi connectivity index (χ1n) is 20.0. The predicted molar refractivity (Wildman–Crippen MR) is 214 cm³/mol. The molecule has 3 heterocycles. The van der Waals surface area contributed by atoms with Gasteiger partial charge in [-0.1, -0.05) is 110 Å². The van der Waals surface area contributed by atoms with Gasteiger partial charge in [-0.15, -0.1) is 0 Å². The Balaban J connectivity index is 1.25. The summed E-state index contributed by atoms with van der Waals surface area (Å²) >= 11 is 0. The van der Waals surface area contributed by atoms with E-state index in [2.05, 4.69) is 91.8 Å². The van der Waals surface area contributed by atoms with Crippen molar-refractivity contribution in [3.05, 3.63) is 108 Å². The van der Waals surface area contributed by atoms with Gasteiger partial charge in [-0.3, -0.25) is 0 Å². The van der Waals surface area contributed by atoms with E-state index < -0.39 is 30.5 Å². The summed E-state index contributed by atoms with van der Waals surface area (Å²) in [5, 5.41) is 0. The Bertz CT molecular complexity index is 1540. The first kappa shape index (κ1) is 41.1. The largest absolute Gasteiger partial charge is 0.466 e. The van der Waals surface area contributed by atoms with Crippen LogP contribution in [-0.4, -0.2) is 67.7 Å². The highest BCUT2D eigenvalue weighted by molar-refractivity contribution is 6.48. The van der Waals surface area contributed by atoms with E-state index in [9.17, 15) is 0 Å². The molecule has 0 saturated carbocycles. The molecule has 5 atom stereocenters. The van der Waals surface area contributed by atoms with Crippen molar-refractivity contribution in [2.75, 3.05) is 6.61 Å². The van der Waals surface area contributed by atoms with E-state index >= 15 is 0 Å². The van der Waals surface area contributed by atoms with Gasteiger partial charge >= 0.3 is 14.2 Å². The number of benzene rings is 3. The topological polar surface area (TPSA) is 73.8 Å². The van der Waals surface area contributed by atoms with Gasteiger partial charge in [0.25, 0.3) is 0 Å². The summed E-state index contributed by atoms with van der Waals surface area (Å²) in [5.41, 5.74) is 1.59. The van der Waals surface area contributed by atoms with Crippen LogP contribution in [-0.2, 0) is 57.4 Å². The Labute approximate surface area is 325 Å². The minimum atomic E-state index is -0.556. The first-order chi connectivity index (χ1) is 25.7. The molecule has 3 saturated heterocycles. The third-order valence-electron chi connectivity index (χ3n) is 12.1. The van der Waals surface area contributed by atoms with E-state index in [4.69, 9.17) is 37.6 Å². The van der Waals surface area contributed by atoms with Gasteiger partial charge in [-0.2, -0.15) is 0 Å². The number of rotatable bonds is 17. The fraction of sp³-hybridized carbons (Fsp3) is 0.591. The third kappa shape index (κ3) is 10.1. The lowest BCUT2D eigenvalue weighted by atomic mass is 9.61. The van der Waals surface area contributed by atoms with Gasteiger partial charge in [0.1, 0.15) is 12.2 Å². The SMILES string of the molecule is CC1(C)OB(CCCCC[C@H]2O[C@H](COCc3ccccc3)[C@@H](OCc3ccccc3)[C@H](OCc3ccccc3)[C@H]2B2OC(C)(C)C(C)(C)O2)OC1(C)C. The highest BCUT2D eigenvalue weighted by Crippen LogP contribution is 2.47. The van der Waals surface area contributed by atoms with Gasteiger partial charge < -0.3 is 37.6 Å². The van der Waals surface area contributed by atoms with E-state index in [1.54, 1.807) is 0 Å². The molecule has 0 amide bonds. The molecular weight excluding hydrogens is 678 g/mol. The van der Waals surface area contributed by atoms with E-state index in [0.29, 0.717) is 26.4 Å². The molecule has 0 bridgehead atoms. The molecule has 54 heavy (non-hydrogen) atoms. The molecule has 0 aliphatic carbocycles. The molecule has 3 aliphatic rings. The zero-order valence-corrected chi connectivity index (χ0v) is 33.8.